The Kier molecular flexibility index (Phi) is 3.05. The Balaban J connectivity index is 2.44. The molecule has 1 amide bonds. The maximum absolute atomic E-state index is 12.8. The van der Waals surface area contributed by atoms with Crippen LogP contribution in [0, 0.1) is 5.82 Å². The van der Waals surface area contributed by atoms with Crippen LogP contribution in [0.15, 0.2) is 48.5 Å². The molecule has 0 aliphatic rings. The molecule has 0 bridgehead atoms. The van der Waals surface area contributed by atoms with E-state index >= 15 is 0 Å². The summed E-state index contributed by atoms with van der Waals surface area (Å²) < 4.78 is 17.7. The van der Waals surface area contributed by atoms with Crippen LogP contribution in [0.1, 0.15) is 0 Å². The van der Waals surface area contributed by atoms with Crippen LogP contribution in [-0.4, -0.2) is 6.09 Å². The van der Waals surface area contributed by atoms with E-state index in [0.717, 1.165) is 5.56 Å². The number of hydrogen-bond acceptors (Lipinski definition) is 2. The standard InChI is InChI=1S/C13H10FNO2/c14-10-7-5-9(6-8-10)11-3-1-2-4-12(11)17-13(15)16/h1-8H,(H2,15,16). The van der Waals surface area contributed by atoms with E-state index in [1.54, 1.807) is 36.4 Å². The summed E-state index contributed by atoms with van der Waals surface area (Å²) in [7, 11) is 0. The van der Waals surface area contributed by atoms with Crippen molar-refractivity contribution < 1.29 is 13.9 Å². The maximum atomic E-state index is 12.8. The first-order valence-corrected chi connectivity index (χ1v) is 4.99. The molecule has 0 saturated carbocycles. The molecule has 0 atom stereocenters. The van der Waals surface area contributed by atoms with Crippen LogP contribution in [0.25, 0.3) is 11.1 Å². The highest BCUT2D eigenvalue weighted by molar-refractivity contribution is 5.76. The van der Waals surface area contributed by atoms with Gasteiger partial charge in [0.1, 0.15) is 11.6 Å². The first-order chi connectivity index (χ1) is 8.16. The van der Waals surface area contributed by atoms with Crippen LogP contribution < -0.4 is 10.5 Å². The highest BCUT2D eigenvalue weighted by Gasteiger charge is 2.07. The van der Waals surface area contributed by atoms with Gasteiger partial charge in [-0.05, 0) is 23.8 Å². The molecule has 0 aromatic heterocycles. The van der Waals surface area contributed by atoms with Crippen molar-refractivity contribution in [2.45, 2.75) is 0 Å². The Labute approximate surface area is 97.6 Å². The lowest BCUT2D eigenvalue weighted by molar-refractivity contribution is 0.211. The summed E-state index contributed by atoms with van der Waals surface area (Å²) in [5.41, 5.74) is 6.41. The van der Waals surface area contributed by atoms with Gasteiger partial charge >= 0.3 is 6.09 Å². The molecule has 4 heteroatoms. The average Bonchev–Trinajstić information content (AvgIpc) is 2.30. The van der Waals surface area contributed by atoms with E-state index < -0.39 is 6.09 Å². The second-order valence-corrected chi connectivity index (χ2v) is 3.42. The summed E-state index contributed by atoms with van der Waals surface area (Å²) in [5.74, 6) is 0.0358. The number of halogens is 1. The van der Waals surface area contributed by atoms with E-state index in [1.165, 1.54) is 12.1 Å². The van der Waals surface area contributed by atoms with E-state index in [4.69, 9.17) is 10.5 Å². The molecule has 0 aliphatic heterocycles. The van der Waals surface area contributed by atoms with Crippen LogP contribution in [0.2, 0.25) is 0 Å². The number of carbonyl (C=O) groups excluding carboxylic acids is 1. The second-order valence-electron chi connectivity index (χ2n) is 3.42. The van der Waals surface area contributed by atoms with Crippen molar-refractivity contribution in [1.29, 1.82) is 0 Å². The van der Waals surface area contributed by atoms with Gasteiger partial charge in [0.2, 0.25) is 0 Å². The molecular weight excluding hydrogens is 221 g/mol. The molecule has 0 aliphatic carbocycles. The van der Waals surface area contributed by atoms with Crippen LogP contribution in [0.3, 0.4) is 0 Å². The molecule has 0 spiro atoms. The number of amides is 1. The molecule has 2 aromatic carbocycles. The van der Waals surface area contributed by atoms with Crippen LogP contribution >= 0.6 is 0 Å². The lowest BCUT2D eigenvalue weighted by Crippen LogP contribution is -2.16. The molecule has 0 heterocycles. The van der Waals surface area contributed by atoms with Gasteiger partial charge in [-0.15, -0.1) is 0 Å². The van der Waals surface area contributed by atoms with Crippen molar-refractivity contribution >= 4 is 6.09 Å². The number of para-hydroxylation sites is 1. The summed E-state index contributed by atoms with van der Waals surface area (Å²) in [6.45, 7) is 0. The third-order valence-corrected chi connectivity index (χ3v) is 2.25. The minimum Gasteiger partial charge on any atom is -0.410 e. The molecule has 2 N–H and O–H groups in total. The molecule has 0 unspecified atom stereocenters. The fourth-order valence-corrected chi connectivity index (χ4v) is 1.53. The zero-order valence-corrected chi connectivity index (χ0v) is 8.89. The second kappa shape index (κ2) is 4.65. The summed E-state index contributed by atoms with van der Waals surface area (Å²) in [4.78, 5) is 10.7. The fraction of sp³-hybridized carbons (Fsp3) is 0. The lowest BCUT2D eigenvalue weighted by atomic mass is 10.0. The van der Waals surface area contributed by atoms with Gasteiger partial charge in [0.05, 0.1) is 0 Å². The number of benzene rings is 2. The third kappa shape index (κ3) is 2.60. The molecule has 2 rings (SSSR count). The van der Waals surface area contributed by atoms with Crippen LogP contribution in [0.5, 0.6) is 5.75 Å². The highest BCUT2D eigenvalue weighted by atomic mass is 19.1. The molecular formula is C13H10FNO2. The van der Waals surface area contributed by atoms with Gasteiger partial charge in [0, 0.05) is 5.56 Å². The largest absolute Gasteiger partial charge is 0.410 e. The highest BCUT2D eigenvalue weighted by Crippen LogP contribution is 2.29. The Morgan fingerprint density at radius 2 is 1.71 bits per heavy atom. The van der Waals surface area contributed by atoms with Crippen molar-refractivity contribution in [2.24, 2.45) is 5.73 Å². The molecule has 0 saturated heterocycles. The topological polar surface area (TPSA) is 52.3 Å². The number of ether oxygens (including phenoxy) is 1. The smallest absolute Gasteiger partial charge is 0.409 e. The van der Waals surface area contributed by atoms with Crippen molar-refractivity contribution in [2.75, 3.05) is 0 Å². The number of primary amides is 1. The molecule has 17 heavy (non-hydrogen) atoms. The normalized spacial score (nSPS) is 9.94. The number of rotatable bonds is 2. The fourth-order valence-electron chi connectivity index (χ4n) is 1.53. The van der Waals surface area contributed by atoms with Crippen molar-refractivity contribution in [3.05, 3.63) is 54.3 Å². The predicted octanol–water partition coefficient (Wildman–Crippen LogP) is 2.95. The minimum atomic E-state index is -0.875. The Bertz CT molecular complexity index is 537. The number of nitrogens with two attached hydrogens (primary N) is 1. The third-order valence-electron chi connectivity index (χ3n) is 2.25. The molecule has 86 valence electrons. The van der Waals surface area contributed by atoms with Gasteiger partial charge in [0.15, 0.2) is 0 Å². The molecule has 0 radical (unpaired) electrons. The maximum Gasteiger partial charge on any atom is 0.409 e. The Morgan fingerprint density at radius 1 is 1.06 bits per heavy atom. The minimum absolute atomic E-state index is 0.318. The summed E-state index contributed by atoms with van der Waals surface area (Å²) >= 11 is 0. The summed E-state index contributed by atoms with van der Waals surface area (Å²) in [6.07, 6.45) is -0.875. The summed E-state index contributed by atoms with van der Waals surface area (Å²) in [5, 5.41) is 0. The van der Waals surface area contributed by atoms with E-state index in [9.17, 15) is 9.18 Å². The Morgan fingerprint density at radius 3 is 2.35 bits per heavy atom. The zero-order chi connectivity index (χ0) is 12.3. The van der Waals surface area contributed by atoms with Crippen molar-refractivity contribution in [3.8, 4) is 16.9 Å². The first kappa shape index (κ1) is 11.1. The van der Waals surface area contributed by atoms with E-state index in [1.807, 2.05) is 0 Å². The molecule has 3 nitrogen and oxygen atoms in total. The van der Waals surface area contributed by atoms with Gasteiger partial charge in [-0.2, -0.15) is 0 Å². The quantitative estimate of drug-likeness (QED) is 0.863. The van der Waals surface area contributed by atoms with Gasteiger partial charge in [-0.3, -0.25) is 0 Å². The number of hydrogen-bond donors (Lipinski definition) is 1. The van der Waals surface area contributed by atoms with E-state index in [-0.39, 0.29) is 5.82 Å². The average molecular weight is 231 g/mol. The Hall–Kier alpha value is -2.36. The first-order valence-electron chi connectivity index (χ1n) is 4.99. The zero-order valence-electron chi connectivity index (χ0n) is 8.89. The monoisotopic (exact) mass is 231 g/mol. The lowest BCUT2D eigenvalue weighted by Gasteiger charge is -2.08. The predicted molar refractivity (Wildman–Crippen MR) is 62.0 cm³/mol. The number of carbonyl (C=O) groups is 1. The van der Waals surface area contributed by atoms with Gasteiger partial charge < -0.3 is 10.5 Å². The SMILES string of the molecule is NC(=O)Oc1ccccc1-c1ccc(F)cc1. The molecule has 0 fully saturated rings. The summed E-state index contributed by atoms with van der Waals surface area (Å²) in [6, 6.07) is 12.8. The molecule has 2 aromatic rings. The van der Waals surface area contributed by atoms with Crippen LogP contribution in [-0.2, 0) is 0 Å². The van der Waals surface area contributed by atoms with Crippen LogP contribution in [0.4, 0.5) is 9.18 Å². The van der Waals surface area contributed by atoms with E-state index in [2.05, 4.69) is 0 Å². The van der Waals surface area contributed by atoms with Gasteiger partial charge in [-0.1, -0.05) is 30.3 Å². The van der Waals surface area contributed by atoms with Crippen molar-refractivity contribution in [1.82, 2.24) is 0 Å². The van der Waals surface area contributed by atoms with Gasteiger partial charge in [-0.25, -0.2) is 9.18 Å². The van der Waals surface area contributed by atoms with Gasteiger partial charge in [0.25, 0.3) is 0 Å². The van der Waals surface area contributed by atoms with E-state index in [0.29, 0.717) is 11.3 Å². The van der Waals surface area contributed by atoms with Crippen molar-refractivity contribution in [3.63, 3.8) is 0 Å².